The van der Waals surface area contributed by atoms with Gasteiger partial charge in [-0.2, -0.15) is 17.0 Å². The van der Waals surface area contributed by atoms with Gasteiger partial charge in [-0.05, 0) is 38.1 Å². The van der Waals surface area contributed by atoms with Crippen LogP contribution in [0.3, 0.4) is 0 Å². The summed E-state index contributed by atoms with van der Waals surface area (Å²) >= 11 is 0. The maximum Gasteiger partial charge on any atom is 0.281 e. The monoisotopic (exact) mass is 291 g/mol. The van der Waals surface area contributed by atoms with Crippen LogP contribution in [0, 0.1) is 5.92 Å². The summed E-state index contributed by atoms with van der Waals surface area (Å²) < 4.78 is 27.3. The van der Waals surface area contributed by atoms with Crippen molar-refractivity contribution in [3.8, 4) is 0 Å². The van der Waals surface area contributed by atoms with Crippen LogP contribution in [-0.2, 0) is 10.2 Å². The first-order chi connectivity index (χ1) is 8.84. The minimum atomic E-state index is -3.28. The topological polar surface area (TPSA) is 52.7 Å². The van der Waals surface area contributed by atoms with Crippen LogP contribution in [0.1, 0.15) is 39.5 Å². The van der Waals surface area contributed by atoms with Gasteiger partial charge in [-0.25, -0.2) is 0 Å². The number of nitrogens with one attached hydrogen (secondary N) is 1. The summed E-state index contributed by atoms with van der Waals surface area (Å²) in [6.07, 6.45) is 4.30. The lowest BCUT2D eigenvalue weighted by Crippen LogP contribution is -2.41. The van der Waals surface area contributed by atoms with E-state index in [9.17, 15) is 8.42 Å². The number of hydrogen-bond acceptors (Lipinski definition) is 3. The average Bonchev–Trinajstić information content (AvgIpc) is 3.14. The van der Waals surface area contributed by atoms with Gasteiger partial charge in [-0.15, -0.1) is 0 Å². The average molecular weight is 291 g/mol. The molecule has 0 heterocycles. The Balaban J connectivity index is 2.27. The molecule has 6 heteroatoms. The second kappa shape index (κ2) is 7.57. The molecule has 1 aliphatic carbocycles. The van der Waals surface area contributed by atoms with Crippen LogP contribution in [-0.4, -0.2) is 56.8 Å². The molecule has 1 saturated carbocycles. The molecule has 0 amide bonds. The van der Waals surface area contributed by atoms with E-state index in [4.69, 9.17) is 0 Å². The molecule has 0 spiro atoms. The first-order valence-corrected chi connectivity index (χ1v) is 8.64. The fraction of sp³-hybridized carbons (Fsp3) is 1.00. The zero-order valence-electron chi connectivity index (χ0n) is 12.7. The molecule has 5 nitrogen and oxygen atoms in total. The van der Waals surface area contributed by atoms with Crippen LogP contribution in [0.4, 0.5) is 0 Å². The van der Waals surface area contributed by atoms with Crippen molar-refractivity contribution in [3.05, 3.63) is 0 Å². The normalized spacial score (nSPS) is 16.8. The van der Waals surface area contributed by atoms with Crippen LogP contribution in [0.15, 0.2) is 0 Å². The second-order valence-electron chi connectivity index (χ2n) is 5.92. The van der Waals surface area contributed by atoms with Crippen LogP contribution < -0.4 is 5.32 Å². The molecule has 1 aliphatic rings. The Kier molecular flexibility index (Phi) is 6.73. The molecular formula is C13H29N3O2S. The summed E-state index contributed by atoms with van der Waals surface area (Å²) in [6, 6.07) is 0.690. The highest BCUT2D eigenvalue weighted by atomic mass is 32.2. The Morgan fingerprint density at radius 1 is 1.16 bits per heavy atom. The lowest BCUT2D eigenvalue weighted by Gasteiger charge is -2.25. The van der Waals surface area contributed by atoms with Gasteiger partial charge in [0.15, 0.2) is 0 Å². The highest BCUT2D eigenvalue weighted by Crippen LogP contribution is 2.18. The lowest BCUT2D eigenvalue weighted by molar-refractivity contribution is 0.371. The summed E-state index contributed by atoms with van der Waals surface area (Å²) in [4.78, 5) is 0. The van der Waals surface area contributed by atoms with E-state index in [0.717, 1.165) is 19.4 Å². The Labute approximate surface area is 118 Å². The Morgan fingerprint density at radius 3 is 2.26 bits per heavy atom. The molecule has 1 rings (SSSR count). The smallest absolute Gasteiger partial charge is 0.281 e. The maximum atomic E-state index is 12.2. The van der Waals surface area contributed by atoms with Gasteiger partial charge in [-0.1, -0.05) is 13.8 Å². The van der Waals surface area contributed by atoms with Crippen LogP contribution in [0.2, 0.25) is 0 Å². The molecule has 0 saturated heterocycles. The Bertz CT molecular complexity index is 353. The van der Waals surface area contributed by atoms with Crippen LogP contribution in [0.25, 0.3) is 0 Å². The van der Waals surface area contributed by atoms with E-state index in [1.54, 1.807) is 14.1 Å². The SMILES string of the molecule is CC(C)CCN(C)S(=O)(=O)N(C)CCCNC1CC1. The highest BCUT2D eigenvalue weighted by Gasteiger charge is 2.23. The Morgan fingerprint density at radius 2 is 1.74 bits per heavy atom. The standard InChI is InChI=1S/C13H29N3O2S/c1-12(2)8-11-16(4)19(17,18)15(3)10-5-9-14-13-6-7-13/h12-14H,5-11H2,1-4H3. The summed E-state index contributed by atoms with van der Waals surface area (Å²) in [6.45, 7) is 6.28. The molecular weight excluding hydrogens is 262 g/mol. The van der Waals surface area contributed by atoms with Crippen molar-refractivity contribution in [2.75, 3.05) is 33.7 Å². The fourth-order valence-corrected chi connectivity index (χ4v) is 2.98. The van der Waals surface area contributed by atoms with E-state index in [1.165, 1.54) is 21.5 Å². The van der Waals surface area contributed by atoms with Crippen molar-refractivity contribution >= 4 is 10.2 Å². The molecule has 0 atom stereocenters. The van der Waals surface area contributed by atoms with Crippen LogP contribution in [0.5, 0.6) is 0 Å². The molecule has 19 heavy (non-hydrogen) atoms. The molecule has 0 aromatic heterocycles. The minimum absolute atomic E-state index is 0.519. The van der Waals surface area contributed by atoms with Crippen LogP contribution >= 0.6 is 0 Å². The van der Waals surface area contributed by atoms with Crippen molar-refractivity contribution < 1.29 is 8.42 Å². The number of rotatable bonds is 10. The third kappa shape index (κ3) is 6.21. The van der Waals surface area contributed by atoms with E-state index < -0.39 is 10.2 Å². The van der Waals surface area contributed by atoms with Crippen molar-refractivity contribution in [3.63, 3.8) is 0 Å². The van der Waals surface area contributed by atoms with Crippen molar-refractivity contribution in [2.45, 2.75) is 45.6 Å². The number of hydrogen-bond donors (Lipinski definition) is 1. The van der Waals surface area contributed by atoms with E-state index in [1.807, 2.05) is 0 Å². The number of nitrogens with zero attached hydrogens (tertiary/aromatic N) is 2. The zero-order valence-corrected chi connectivity index (χ0v) is 13.5. The third-order valence-electron chi connectivity index (χ3n) is 3.47. The predicted octanol–water partition coefficient (Wildman–Crippen LogP) is 1.28. The summed E-state index contributed by atoms with van der Waals surface area (Å²) in [5.41, 5.74) is 0. The Hall–Kier alpha value is -0.170. The quantitative estimate of drug-likeness (QED) is 0.617. The molecule has 0 radical (unpaired) electrons. The highest BCUT2D eigenvalue weighted by molar-refractivity contribution is 7.86. The largest absolute Gasteiger partial charge is 0.314 e. The van der Waals surface area contributed by atoms with Gasteiger partial charge >= 0.3 is 0 Å². The van der Waals surface area contributed by atoms with Crippen molar-refractivity contribution in [2.24, 2.45) is 5.92 Å². The first kappa shape index (κ1) is 16.9. The van der Waals surface area contributed by atoms with E-state index >= 15 is 0 Å². The summed E-state index contributed by atoms with van der Waals surface area (Å²) in [5.74, 6) is 0.519. The van der Waals surface area contributed by atoms with Gasteiger partial charge in [0.2, 0.25) is 0 Å². The van der Waals surface area contributed by atoms with Gasteiger partial charge in [0.1, 0.15) is 0 Å². The predicted molar refractivity (Wildman–Crippen MR) is 79.3 cm³/mol. The molecule has 0 aromatic rings. The van der Waals surface area contributed by atoms with Gasteiger partial charge in [0, 0.05) is 33.2 Å². The molecule has 1 N–H and O–H groups in total. The summed E-state index contributed by atoms with van der Waals surface area (Å²) in [7, 11) is 0.0475. The fourth-order valence-electron chi connectivity index (χ4n) is 1.80. The molecule has 0 aliphatic heterocycles. The van der Waals surface area contributed by atoms with Gasteiger partial charge in [-0.3, -0.25) is 0 Å². The van der Waals surface area contributed by atoms with Gasteiger partial charge < -0.3 is 5.32 Å². The lowest BCUT2D eigenvalue weighted by atomic mass is 10.1. The van der Waals surface area contributed by atoms with Crippen molar-refractivity contribution in [1.82, 2.24) is 13.9 Å². The van der Waals surface area contributed by atoms with E-state index in [0.29, 0.717) is 25.0 Å². The maximum absolute atomic E-state index is 12.2. The molecule has 0 aromatic carbocycles. The summed E-state index contributed by atoms with van der Waals surface area (Å²) in [5, 5.41) is 3.40. The second-order valence-corrected chi connectivity index (χ2v) is 8.06. The van der Waals surface area contributed by atoms with E-state index in [2.05, 4.69) is 19.2 Å². The first-order valence-electron chi connectivity index (χ1n) is 7.25. The zero-order chi connectivity index (χ0) is 14.5. The minimum Gasteiger partial charge on any atom is -0.314 e. The molecule has 0 bridgehead atoms. The van der Waals surface area contributed by atoms with Crippen molar-refractivity contribution in [1.29, 1.82) is 0 Å². The van der Waals surface area contributed by atoms with Gasteiger partial charge in [0.05, 0.1) is 0 Å². The van der Waals surface area contributed by atoms with Gasteiger partial charge in [0.25, 0.3) is 10.2 Å². The third-order valence-corrected chi connectivity index (χ3v) is 5.41. The van der Waals surface area contributed by atoms with E-state index in [-0.39, 0.29) is 0 Å². The molecule has 1 fully saturated rings. The molecule has 114 valence electrons. The molecule has 0 unspecified atom stereocenters.